The van der Waals surface area contributed by atoms with E-state index < -0.39 is 0 Å². The van der Waals surface area contributed by atoms with Crippen LogP contribution in [0.4, 0.5) is 0 Å². The van der Waals surface area contributed by atoms with Crippen LogP contribution in [0.1, 0.15) is 39.2 Å². The van der Waals surface area contributed by atoms with E-state index in [0.717, 1.165) is 37.1 Å². The lowest BCUT2D eigenvalue weighted by Crippen LogP contribution is -2.47. The highest BCUT2D eigenvalue weighted by atomic mass is 32.1. The first kappa shape index (κ1) is 19.6. The lowest BCUT2D eigenvalue weighted by molar-refractivity contribution is -0.122. The second-order valence-corrected chi connectivity index (χ2v) is 8.14. The van der Waals surface area contributed by atoms with Gasteiger partial charge in [0.15, 0.2) is 0 Å². The van der Waals surface area contributed by atoms with E-state index in [0.29, 0.717) is 13.1 Å². The van der Waals surface area contributed by atoms with Gasteiger partial charge >= 0.3 is 0 Å². The largest absolute Gasteiger partial charge is 0.350 e. The van der Waals surface area contributed by atoms with Gasteiger partial charge in [0.05, 0.1) is 13.1 Å². The number of likely N-dealkylation sites (tertiary alicyclic amines) is 1. The van der Waals surface area contributed by atoms with E-state index in [1.54, 1.807) is 11.3 Å². The van der Waals surface area contributed by atoms with Crippen molar-refractivity contribution < 1.29 is 9.59 Å². The Morgan fingerprint density at radius 2 is 1.85 bits per heavy atom. The van der Waals surface area contributed by atoms with Gasteiger partial charge in [-0.3, -0.25) is 14.5 Å². The third-order valence-electron chi connectivity index (χ3n) is 5.09. The molecular weight excluding hydrogens is 358 g/mol. The average Bonchev–Trinajstić information content (AvgIpc) is 3.07. The highest BCUT2D eigenvalue weighted by molar-refractivity contribution is 7.10. The van der Waals surface area contributed by atoms with E-state index in [4.69, 9.17) is 0 Å². The van der Waals surface area contributed by atoms with Gasteiger partial charge in [-0.1, -0.05) is 18.2 Å². The molecule has 144 valence electrons. The van der Waals surface area contributed by atoms with Crippen LogP contribution in [0.15, 0.2) is 35.7 Å². The zero-order valence-corrected chi connectivity index (χ0v) is 16.8. The van der Waals surface area contributed by atoms with Crippen molar-refractivity contribution in [3.8, 4) is 0 Å². The van der Waals surface area contributed by atoms with Gasteiger partial charge in [-0.25, -0.2) is 0 Å². The summed E-state index contributed by atoms with van der Waals surface area (Å²) in [5.41, 5.74) is 2.96. The average molecular weight is 386 g/mol. The summed E-state index contributed by atoms with van der Waals surface area (Å²) < 4.78 is 0. The minimum atomic E-state index is -0.00406. The SMILES string of the molecule is Cc1ccccc1C(=O)NC1CCN(CC(=O)NCc2sccc2C)CC1. The Bertz CT molecular complexity index is 794. The van der Waals surface area contributed by atoms with Crippen LogP contribution in [0.5, 0.6) is 0 Å². The molecule has 27 heavy (non-hydrogen) atoms. The first-order valence-corrected chi connectivity index (χ1v) is 10.3. The summed E-state index contributed by atoms with van der Waals surface area (Å²) >= 11 is 1.67. The molecule has 2 amide bonds. The fourth-order valence-corrected chi connectivity index (χ4v) is 4.20. The third kappa shape index (κ3) is 5.40. The van der Waals surface area contributed by atoms with E-state index in [1.165, 1.54) is 10.4 Å². The number of piperidine rings is 1. The number of benzene rings is 1. The number of nitrogens with one attached hydrogen (secondary N) is 2. The zero-order chi connectivity index (χ0) is 19.2. The van der Waals surface area contributed by atoms with E-state index in [9.17, 15) is 9.59 Å². The van der Waals surface area contributed by atoms with Crippen molar-refractivity contribution in [1.29, 1.82) is 0 Å². The normalized spacial score (nSPS) is 15.5. The monoisotopic (exact) mass is 385 g/mol. The molecule has 0 saturated carbocycles. The van der Waals surface area contributed by atoms with Crippen LogP contribution in [0, 0.1) is 13.8 Å². The van der Waals surface area contributed by atoms with Crippen molar-refractivity contribution in [1.82, 2.24) is 15.5 Å². The fraction of sp³-hybridized carbons (Fsp3) is 0.429. The molecule has 1 fully saturated rings. The van der Waals surface area contributed by atoms with Crippen LogP contribution < -0.4 is 10.6 Å². The Labute approximate surface area is 164 Å². The van der Waals surface area contributed by atoms with Gasteiger partial charge in [0.1, 0.15) is 0 Å². The number of hydrogen-bond donors (Lipinski definition) is 2. The maximum Gasteiger partial charge on any atom is 0.251 e. The highest BCUT2D eigenvalue weighted by Gasteiger charge is 2.22. The molecule has 0 aliphatic carbocycles. The Balaban J connectivity index is 1.40. The Hall–Kier alpha value is -2.18. The topological polar surface area (TPSA) is 61.4 Å². The minimum Gasteiger partial charge on any atom is -0.350 e. The van der Waals surface area contributed by atoms with Crippen molar-refractivity contribution in [3.63, 3.8) is 0 Å². The summed E-state index contributed by atoms with van der Waals surface area (Å²) in [6, 6.07) is 9.89. The molecule has 1 aromatic heterocycles. The Morgan fingerprint density at radius 3 is 2.52 bits per heavy atom. The number of amides is 2. The van der Waals surface area contributed by atoms with E-state index >= 15 is 0 Å². The number of thiophene rings is 1. The summed E-state index contributed by atoms with van der Waals surface area (Å²) in [4.78, 5) is 28.0. The molecule has 5 nitrogen and oxygen atoms in total. The van der Waals surface area contributed by atoms with Crippen molar-refractivity contribution in [2.24, 2.45) is 0 Å². The van der Waals surface area contributed by atoms with Gasteiger partial charge in [-0.15, -0.1) is 11.3 Å². The van der Waals surface area contributed by atoms with Crippen molar-refractivity contribution in [3.05, 3.63) is 57.3 Å². The van der Waals surface area contributed by atoms with E-state index in [1.807, 2.05) is 36.6 Å². The van der Waals surface area contributed by atoms with Crippen LogP contribution in [0.3, 0.4) is 0 Å². The number of rotatable bonds is 6. The molecule has 0 spiro atoms. The Kier molecular flexibility index (Phi) is 6.63. The molecule has 1 aliphatic heterocycles. The van der Waals surface area contributed by atoms with Crippen molar-refractivity contribution in [2.45, 2.75) is 39.3 Å². The van der Waals surface area contributed by atoms with Crippen LogP contribution in [0.2, 0.25) is 0 Å². The molecule has 2 N–H and O–H groups in total. The third-order valence-corrected chi connectivity index (χ3v) is 6.12. The van der Waals surface area contributed by atoms with Crippen LogP contribution >= 0.6 is 11.3 Å². The Morgan fingerprint density at radius 1 is 1.11 bits per heavy atom. The lowest BCUT2D eigenvalue weighted by Gasteiger charge is -2.32. The van der Waals surface area contributed by atoms with Gasteiger partial charge in [-0.2, -0.15) is 0 Å². The number of nitrogens with zero attached hydrogens (tertiary/aromatic N) is 1. The van der Waals surface area contributed by atoms with Crippen molar-refractivity contribution >= 4 is 23.2 Å². The van der Waals surface area contributed by atoms with E-state index in [-0.39, 0.29) is 17.9 Å². The van der Waals surface area contributed by atoms with Gasteiger partial charge in [0.25, 0.3) is 5.91 Å². The summed E-state index contributed by atoms with van der Waals surface area (Å²) in [6.45, 7) is 6.68. The van der Waals surface area contributed by atoms with Crippen molar-refractivity contribution in [2.75, 3.05) is 19.6 Å². The number of carbonyl (C=O) groups excluding carboxylic acids is 2. The summed E-state index contributed by atoms with van der Waals surface area (Å²) in [7, 11) is 0. The van der Waals surface area contributed by atoms with Gasteiger partial charge in [0.2, 0.25) is 5.91 Å². The molecule has 0 atom stereocenters. The van der Waals surface area contributed by atoms with Gasteiger partial charge in [-0.05, 0) is 55.3 Å². The van der Waals surface area contributed by atoms with Crippen LogP contribution in [-0.4, -0.2) is 42.4 Å². The predicted molar refractivity (Wildman–Crippen MR) is 109 cm³/mol. The maximum atomic E-state index is 12.4. The molecule has 1 aromatic carbocycles. The number of hydrogen-bond acceptors (Lipinski definition) is 4. The second-order valence-electron chi connectivity index (χ2n) is 7.14. The van der Waals surface area contributed by atoms with Gasteiger partial charge < -0.3 is 10.6 Å². The summed E-state index contributed by atoms with van der Waals surface area (Å²) in [5.74, 6) is 0.0563. The van der Waals surface area contributed by atoms with Crippen LogP contribution in [0.25, 0.3) is 0 Å². The maximum absolute atomic E-state index is 12.4. The second kappa shape index (κ2) is 9.15. The molecular formula is C21H27N3O2S. The first-order valence-electron chi connectivity index (χ1n) is 9.41. The van der Waals surface area contributed by atoms with Crippen LogP contribution in [-0.2, 0) is 11.3 Å². The molecule has 1 saturated heterocycles. The lowest BCUT2D eigenvalue weighted by atomic mass is 10.0. The molecule has 0 unspecified atom stereocenters. The van der Waals surface area contributed by atoms with E-state index in [2.05, 4.69) is 28.5 Å². The predicted octanol–water partition coefficient (Wildman–Crippen LogP) is 2.88. The summed E-state index contributed by atoms with van der Waals surface area (Å²) in [5, 5.41) is 8.19. The van der Waals surface area contributed by atoms with Gasteiger partial charge in [0, 0.05) is 29.6 Å². The number of carbonyl (C=O) groups is 2. The molecule has 6 heteroatoms. The molecule has 3 rings (SSSR count). The quantitative estimate of drug-likeness (QED) is 0.804. The highest BCUT2D eigenvalue weighted by Crippen LogP contribution is 2.15. The molecule has 0 radical (unpaired) electrons. The summed E-state index contributed by atoms with van der Waals surface area (Å²) in [6.07, 6.45) is 1.74. The molecule has 2 aromatic rings. The smallest absolute Gasteiger partial charge is 0.251 e. The molecule has 2 heterocycles. The fourth-order valence-electron chi connectivity index (χ4n) is 3.35. The number of aryl methyl sites for hydroxylation is 2. The zero-order valence-electron chi connectivity index (χ0n) is 16.0. The standard InChI is InChI=1S/C21H27N3O2S/c1-15-5-3-4-6-18(15)21(26)23-17-7-10-24(11-8-17)14-20(25)22-13-19-16(2)9-12-27-19/h3-6,9,12,17H,7-8,10-11,13-14H2,1-2H3,(H,22,25)(H,23,26). The molecule has 0 bridgehead atoms. The minimum absolute atomic E-state index is 0.00406. The first-order chi connectivity index (χ1) is 13.0. The molecule has 1 aliphatic rings.